The summed E-state index contributed by atoms with van der Waals surface area (Å²) in [7, 11) is 1.56. The second-order valence-corrected chi connectivity index (χ2v) is 5.95. The lowest BCUT2D eigenvalue weighted by Gasteiger charge is -2.07. The molecular formula is C18H14N4O4. The molecule has 0 atom stereocenters. The Bertz CT molecular complexity index is 1330. The molecule has 4 N–H and O–H groups in total. The molecule has 2 aromatic carbocycles. The molecule has 26 heavy (non-hydrogen) atoms. The highest BCUT2D eigenvalue weighted by atomic mass is 16.4. The van der Waals surface area contributed by atoms with Gasteiger partial charge in [0.05, 0.1) is 22.1 Å². The Hall–Kier alpha value is -3.81. The SMILES string of the molecule is Cn1c(C(=O)O)c(-n2c(=O)[nH]c3ccccc3c2=O)c2cc(N)ccc21. The van der Waals surface area contributed by atoms with Gasteiger partial charge in [0.2, 0.25) is 0 Å². The van der Waals surface area contributed by atoms with Crippen molar-refractivity contribution in [3.8, 4) is 5.69 Å². The largest absolute Gasteiger partial charge is 0.477 e. The first kappa shape index (κ1) is 15.7. The van der Waals surface area contributed by atoms with Crippen LogP contribution in [0, 0.1) is 0 Å². The van der Waals surface area contributed by atoms with Gasteiger partial charge >= 0.3 is 11.7 Å². The number of fused-ring (bicyclic) bond motifs is 2. The Balaban J connectivity index is 2.27. The summed E-state index contributed by atoms with van der Waals surface area (Å²) < 4.78 is 2.28. The molecule has 130 valence electrons. The topological polar surface area (TPSA) is 123 Å². The van der Waals surface area contributed by atoms with Gasteiger partial charge < -0.3 is 20.4 Å². The number of nitrogens with zero attached hydrogens (tertiary/aromatic N) is 2. The number of nitrogen functional groups attached to an aromatic ring is 1. The number of anilines is 1. The molecule has 0 amide bonds. The van der Waals surface area contributed by atoms with Gasteiger partial charge in [0, 0.05) is 18.1 Å². The number of nitrogens with one attached hydrogen (secondary N) is 1. The van der Waals surface area contributed by atoms with Gasteiger partial charge in [-0.3, -0.25) is 4.79 Å². The van der Waals surface area contributed by atoms with Crippen LogP contribution >= 0.6 is 0 Å². The molecule has 0 spiro atoms. The molecule has 0 unspecified atom stereocenters. The minimum absolute atomic E-state index is 0.000645. The Morgan fingerprint density at radius 3 is 2.58 bits per heavy atom. The molecular weight excluding hydrogens is 336 g/mol. The number of hydrogen-bond acceptors (Lipinski definition) is 4. The van der Waals surface area contributed by atoms with Crippen LogP contribution in [-0.2, 0) is 7.05 Å². The molecule has 0 radical (unpaired) electrons. The summed E-state index contributed by atoms with van der Waals surface area (Å²) in [6.45, 7) is 0. The highest BCUT2D eigenvalue weighted by Gasteiger charge is 2.25. The van der Waals surface area contributed by atoms with Crippen molar-refractivity contribution >= 4 is 33.5 Å². The van der Waals surface area contributed by atoms with E-state index in [4.69, 9.17) is 5.73 Å². The van der Waals surface area contributed by atoms with Crippen LogP contribution in [0.25, 0.3) is 27.5 Å². The first-order valence-electron chi connectivity index (χ1n) is 7.76. The van der Waals surface area contributed by atoms with Crippen molar-refractivity contribution < 1.29 is 9.90 Å². The van der Waals surface area contributed by atoms with E-state index in [0.717, 1.165) is 4.57 Å². The van der Waals surface area contributed by atoms with E-state index in [2.05, 4.69) is 4.98 Å². The summed E-state index contributed by atoms with van der Waals surface area (Å²) in [5.41, 5.74) is 5.68. The fourth-order valence-corrected chi connectivity index (χ4v) is 3.28. The van der Waals surface area contributed by atoms with Gasteiger partial charge in [-0.05, 0) is 30.3 Å². The highest BCUT2D eigenvalue weighted by Crippen LogP contribution is 2.29. The number of nitrogens with two attached hydrogens (primary N) is 1. The predicted octanol–water partition coefficient (Wildman–Crippen LogP) is 1.45. The number of rotatable bonds is 2. The zero-order chi connectivity index (χ0) is 18.6. The number of carbonyl (C=O) groups is 1. The number of aromatic nitrogens is 3. The second-order valence-electron chi connectivity index (χ2n) is 5.95. The lowest BCUT2D eigenvalue weighted by molar-refractivity contribution is 0.0687. The van der Waals surface area contributed by atoms with E-state index < -0.39 is 17.2 Å². The molecule has 8 heteroatoms. The molecule has 0 saturated carbocycles. The Morgan fingerprint density at radius 1 is 1.12 bits per heavy atom. The fourth-order valence-electron chi connectivity index (χ4n) is 3.28. The summed E-state index contributed by atoms with van der Waals surface area (Å²) in [5.74, 6) is -1.25. The number of aromatic amines is 1. The van der Waals surface area contributed by atoms with Gasteiger partial charge in [-0.1, -0.05) is 12.1 Å². The molecule has 0 bridgehead atoms. The molecule has 4 aromatic rings. The van der Waals surface area contributed by atoms with Crippen LogP contribution in [0.3, 0.4) is 0 Å². The zero-order valence-corrected chi connectivity index (χ0v) is 13.7. The van der Waals surface area contributed by atoms with Crippen LogP contribution in [0.5, 0.6) is 0 Å². The summed E-state index contributed by atoms with van der Waals surface area (Å²) >= 11 is 0. The predicted molar refractivity (Wildman–Crippen MR) is 98.0 cm³/mol. The lowest BCUT2D eigenvalue weighted by atomic mass is 10.2. The van der Waals surface area contributed by atoms with E-state index in [9.17, 15) is 19.5 Å². The minimum atomic E-state index is -1.25. The van der Waals surface area contributed by atoms with Crippen LogP contribution in [0.15, 0.2) is 52.1 Å². The van der Waals surface area contributed by atoms with Gasteiger partial charge in [0.15, 0.2) is 5.69 Å². The molecule has 8 nitrogen and oxygen atoms in total. The van der Waals surface area contributed by atoms with Gasteiger partial charge in [-0.2, -0.15) is 0 Å². The van der Waals surface area contributed by atoms with E-state index in [1.54, 1.807) is 49.5 Å². The first-order chi connectivity index (χ1) is 12.4. The average Bonchev–Trinajstić information content (AvgIpc) is 2.87. The van der Waals surface area contributed by atoms with Crippen LogP contribution in [-0.4, -0.2) is 25.2 Å². The number of carboxylic acid groups (broad SMARTS) is 1. The normalized spacial score (nSPS) is 11.3. The maximum atomic E-state index is 13.0. The van der Waals surface area contributed by atoms with Crippen LogP contribution < -0.4 is 17.0 Å². The number of carboxylic acids is 1. The number of H-pyrrole nitrogens is 1. The van der Waals surface area contributed by atoms with Crippen LogP contribution in [0.4, 0.5) is 5.69 Å². The summed E-state index contributed by atoms with van der Waals surface area (Å²) in [6.07, 6.45) is 0. The van der Waals surface area contributed by atoms with Gasteiger partial charge in [0.1, 0.15) is 0 Å². The molecule has 2 heterocycles. The van der Waals surface area contributed by atoms with Crippen molar-refractivity contribution in [3.63, 3.8) is 0 Å². The molecule has 0 aliphatic carbocycles. The number of para-hydroxylation sites is 1. The van der Waals surface area contributed by atoms with Gasteiger partial charge in [0.25, 0.3) is 5.56 Å². The Morgan fingerprint density at radius 2 is 1.85 bits per heavy atom. The molecule has 0 saturated heterocycles. The van der Waals surface area contributed by atoms with E-state index in [0.29, 0.717) is 22.1 Å². The zero-order valence-electron chi connectivity index (χ0n) is 13.7. The van der Waals surface area contributed by atoms with Gasteiger partial charge in [-0.25, -0.2) is 14.2 Å². The quantitative estimate of drug-likeness (QED) is 0.472. The molecule has 0 fully saturated rings. The third-order valence-corrected chi connectivity index (χ3v) is 4.43. The Labute approximate surface area is 145 Å². The highest BCUT2D eigenvalue weighted by molar-refractivity contribution is 6.03. The van der Waals surface area contributed by atoms with E-state index >= 15 is 0 Å². The monoisotopic (exact) mass is 350 g/mol. The van der Waals surface area contributed by atoms with Crippen molar-refractivity contribution in [2.75, 3.05) is 5.73 Å². The van der Waals surface area contributed by atoms with E-state index in [1.165, 1.54) is 4.57 Å². The Kier molecular flexibility index (Phi) is 3.23. The lowest BCUT2D eigenvalue weighted by Crippen LogP contribution is -2.34. The summed E-state index contributed by atoms with van der Waals surface area (Å²) in [4.78, 5) is 40.1. The van der Waals surface area contributed by atoms with Crippen LogP contribution in [0.2, 0.25) is 0 Å². The standard InChI is InChI=1S/C18H14N4O4/c1-21-13-7-6-9(19)8-11(13)14(15(21)17(24)25)22-16(23)10-4-2-3-5-12(10)20-18(22)26/h2-8H,19H2,1H3,(H,20,26)(H,24,25). The third-order valence-electron chi connectivity index (χ3n) is 4.43. The van der Waals surface area contributed by atoms with Crippen molar-refractivity contribution in [3.05, 3.63) is 69.0 Å². The number of benzene rings is 2. The smallest absolute Gasteiger partial charge is 0.354 e. The molecule has 2 aromatic heterocycles. The molecule has 4 rings (SSSR count). The number of aryl methyl sites for hydroxylation is 1. The number of hydrogen-bond donors (Lipinski definition) is 3. The van der Waals surface area contributed by atoms with Crippen molar-refractivity contribution in [2.24, 2.45) is 7.05 Å². The number of aromatic carboxylic acids is 1. The molecule has 0 aliphatic rings. The third kappa shape index (κ3) is 2.05. The summed E-state index contributed by atoms with van der Waals surface area (Å²) in [5, 5.41) is 10.4. The molecule has 0 aliphatic heterocycles. The average molecular weight is 350 g/mol. The van der Waals surface area contributed by atoms with E-state index in [-0.39, 0.29) is 16.8 Å². The fraction of sp³-hybridized carbons (Fsp3) is 0.0556. The van der Waals surface area contributed by atoms with Crippen LogP contribution in [0.1, 0.15) is 10.5 Å². The second kappa shape index (κ2) is 5.35. The van der Waals surface area contributed by atoms with Gasteiger partial charge in [-0.15, -0.1) is 0 Å². The minimum Gasteiger partial charge on any atom is -0.477 e. The van der Waals surface area contributed by atoms with Crippen molar-refractivity contribution in [1.29, 1.82) is 0 Å². The van der Waals surface area contributed by atoms with E-state index in [1.807, 2.05) is 0 Å². The van der Waals surface area contributed by atoms with Crippen molar-refractivity contribution in [2.45, 2.75) is 0 Å². The maximum absolute atomic E-state index is 13.0. The maximum Gasteiger partial charge on any atom is 0.354 e. The summed E-state index contributed by atoms with van der Waals surface area (Å²) in [6, 6.07) is 11.4. The van der Waals surface area contributed by atoms with Crippen molar-refractivity contribution in [1.82, 2.24) is 14.1 Å². The first-order valence-corrected chi connectivity index (χ1v) is 7.76.